The van der Waals surface area contributed by atoms with E-state index in [9.17, 15) is 9.50 Å². The highest BCUT2D eigenvalue weighted by atomic mass is 19.1. The second-order valence-electron chi connectivity index (χ2n) is 3.51. The number of hydrogen-bond acceptors (Lipinski definition) is 3. The van der Waals surface area contributed by atoms with Gasteiger partial charge in [-0.2, -0.15) is 0 Å². The third kappa shape index (κ3) is 2.46. The molecule has 3 nitrogen and oxygen atoms in total. The van der Waals surface area contributed by atoms with Gasteiger partial charge in [-0.1, -0.05) is 13.0 Å². The van der Waals surface area contributed by atoms with Crippen molar-refractivity contribution in [2.24, 2.45) is 11.7 Å². The minimum Gasteiger partial charge on any atom is -0.496 e. The number of hydrogen-bond donors (Lipinski definition) is 2. The lowest BCUT2D eigenvalue weighted by Gasteiger charge is -2.20. The van der Waals surface area contributed by atoms with E-state index in [0.29, 0.717) is 12.3 Å². The zero-order valence-corrected chi connectivity index (χ0v) is 8.90. The zero-order valence-electron chi connectivity index (χ0n) is 8.90. The fourth-order valence-electron chi connectivity index (χ4n) is 1.40. The second kappa shape index (κ2) is 5.09. The molecule has 2 atom stereocenters. The molecule has 84 valence electrons. The molecule has 0 saturated heterocycles. The monoisotopic (exact) mass is 213 g/mol. The van der Waals surface area contributed by atoms with E-state index >= 15 is 0 Å². The maximum atomic E-state index is 13.5. The number of halogens is 1. The molecule has 0 radical (unpaired) electrons. The number of aliphatic hydroxyl groups excluding tert-OH is 1. The largest absolute Gasteiger partial charge is 0.496 e. The highest BCUT2D eigenvalue weighted by Gasteiger charge is 2.22. The molecule has 4 heteroatoms. The van der Waals surface area contributed by atoms with Gasteiger partial charge in [0.25, 0.3) is 0 Å². The predicted molar refractivity (Wildman–Crippen MR) is 56.1 cm³/mol. The van der Waals surface area contributed by atoms with Gasteiger partial charge in [-0.15, -0.1) is 0 Å². The van der Waals surface area contributed by atoms with Crippen molar-refractivity contribution in [2.75, 3.05) is 13.7 Å². The van der Waals surface area contributed by atoms with Crippen molar-refractivity contribution in [3.63, 3.8) is 0 Å². The first-order chi connectivity index (χ1) is 7.11. The number of benzene rings is 1. The molecule has 0 saturated carbocycles. The molecule has 1 rings (SSSR count). The Labute approximate surface area is 88.7 Å². The van der Waals surface area contributed by atoms with Crippen LogP contribution in [0.2, 0.25) is 0 Å². The maximum absolute atomic E-state index is 13.5. The standard InChI is InChI=1S/C11H16FNO2/c1-7(6-13)11(14)10-8(12)4-3-5-9(10)15-2/h3-5,7,11,14H,6,13H2,1-2H3. The van der Waals surface area contributed by atoms with Crippen LogP contribution in [0.4, 0.5) is 4.39 Å². The van der Waals surface area contributed by atoms with Gasteiger partial charge in [-0.3, -0.25) is 0 Å². The van der Waals surface area contributed by atoms with Crippen molar-refractivity contribution in [3.05, 3.63) is 29.6 Å². The average molecular weight is 213 g/mol. The molecule has 0 fully saturated rings. The Kier molecular flexibility index (Phi) is 4.05. The average Bonchev–Trinajstić information content (AvgIpc) is 2.26. The topological polar surface area (TPSA) is 55.5 Å². The zero-order chi connectivity index (χ0) is 11.4. The first-order valence-corrected chi connectivity index (χ1v) is 4.82. The van der Waals surface area contributed by atoms with E-state index in [4.69, 9.17) is 10.5 Å². The summed E-state index contributed by atoms with van der Waals surface area (Å²) >= 11 is 0. The van der Waals surface area contributed by atoms with Crippen LogP contribution in [-0.2, 0) is 0 Å². The summed E-state index contributed by atoms with van der Waals surface area (Å²) in [6, 6.07) is 4.45. The highest BCUT2D eigenvalue weighted by molar-refractivity contribution is 5.36. The molecule has 3 N–H and O–H groups in total. The number of aliphatic hydroxyl groups is 1. The summed E-state index contributed by atoms with van der Waals surface area (Å²) in [4.78, 5) is 0. The minimum absolute atomic E-state index is 0.179. The third-order valence-electron chi connectivity index (χ3n) is 2.44. The Bertz CT molecular complexity index is 330. The Morgan fingerprint density at radius 3 is 2.73 bits per heavy atom. The Morgan fingerprint density at radius 1 is 1.53 bits per heavy atom. The first kappa shape index (κ1) is 11.9. The molecule has 0 aliphatic carbocycles. The Morgan fingerprint density at radius 2 is 2.20 bits per heavy atom. The normalized spacial score (nSPS) is 14.7. The predicted octanol–water partition coefficient (Wildman–Crippen LogP) is 1.46. The molecule has 0 heterocycles. The molecule has 15 heavy (non-hydrogen) atoms. The number of rotatable bonds is 4. The van der Waals surface area contributed by atoms with Crippen LogP contribution in [-0.4, -0.2) is 18.8 Å². The number of methoxy groups -OCH3 is 1. The molecule has 1 aromatic carbocycles. The summed E-state index contributed by atoms with van der Waals surface area (Å²) in [5, 5.41) is 9.88. The fraction of sp³-hybridized carbons (Fsp3) is 0.455. The van der Waals surface area contributed by atoms with Crippen molar-refractivity contribution in [1.29, 1.82) is 0 Å². The van der Waals surface area contributed by atoms with Gasteiger partial charge in [0.1, 0.15) is 11.6 Å². The lowest BCUT2D eigenvalue weighted by Crippen LogP contribution is -2.20. The van der Waals surface area contributed by atoms with E-state index in [1.807, 2.05) is 0 Å². The summed E-state index contributed by atoms with van der Waals surface area (Å²) in [7, 11) is 1.44. The van der Waals surface area contributed by atoms with Crippen molar-refractivity contribution in [2.45, 2.75) is 13.0 Å². The van der Waals surface area contributed by atoms with Gasteiger partial charge < -0.3 is 15.6 Å². The van der Waals surface area contributed by atoms with Gasteiger partial charge in [-0.25, -0.2) is 4.39 Å². The summed E-state index contributed by atoms with van der Waals surface area (Å²) in [5.74, 6) is -0.333. The molecule has 0 amide bonds. The van der Waals surface area contributed by atoms with Crippen LogP contribution in [0, 0.1) is 11.7 Å². The molecule has 0 aliphatic heterocycles. The van der Waals surface area contributed by atoms with E-state index in [1.54, 1.807) is 13.0 Å². The molecule has 2 unspecified atom stereocenters. The molecule has 0 bridgehead atoms. The van der Waals surface area contributed by atoms with Crippen LogP contribution in [0.1, 0.15) is 18.6 Å². The van der Waals surface area contributed by atoms with Crippen molar-refractivity contribution in [3.8, 4) is 5.75 Å². The van der Waals surface area contributed by atoms with Crippen molar-refractivity contribution in [1.82, 2.24) is 0 Å². The molecular weight excluding hydrogens is 197 g/mol. The van der Waals surface area contributed by atoms with Crippen LogP contribution < -0.4 is 10.5 Å². The van der Waals surface area contributed by atoms with Gasteiger partial charge in [0.2, 0.25) is 0 Å². The van der Waals surface area contributed by atoms with Crippen LogP contribution in [0.25, 0.3) is 0 Å². The Balaban J connectivity index is 3.10. The molecule has 0 aromatic heterocycles. The summed E-state index contributed by atoms with van der Waals surface area (Å²) < 4.78 is 18.5. The van der Waals surface area contributed by atoms with Crippen molar-refractivity contribution >= 4 is 0 Å². The van der Waals surface area contributed by atoms with Gasteiger partial charge in [0.15, 0.2) is 0 Å². The van der Waals surface area contributed by atoms with Crippen molar-refractivity contribution < 1.29 is 14.2 Å². The lowest BCUT2D eigenvalue weighted by molar-refractivity contribution is 0.114. The van der Waals surface area contributed by atoms with Crippen LogP contribution in [0.15, 0.2) is 18.2 Å². The fourth-order valence-corrected chi connectivity index (χ4v) is 1.40. The van der Waals surface area contributed by atoms with Gasteiger partial charge >= 0.3 is 0 Å². The van der Waals surface area contributed by atoms with Crippen LogP contribution >= 0.6 is 0 Å². The van der Waals surface area contributed by atoms with E-state index < -0.39 is 11.9 Å². The van der Waals surface area contributed by atoms with Crippen LogP contribution in [0.3, 0.4) is 0 Å². The van der Waals surface area contributed by atoms with E-state index in [2.05, 4.69) is 0 Å². The maximum Gasteiger partial charge on any atom is 0.132 e. The molecule has 0 spiro atoms. The summed E-state index contributed by atoms with van der Waals surface area (Å²) in [6.45, 7) is 2.05. The highest BCUT2D eigenvalue weighted by Crippen LogP contribution is 2.31. The summed E-state index contributed by atoms with van der Waals surface area (Å²) in [6.07, 6.45) is -0.939. The van der Waals surface area contributed by atoms with Gasteiger partial charge in [-0.05, 0) is 24.6 Å². The SMILES string of the molecule is COc1cccc(F)c1C(O)C(C)CN. The Hall–Kier alpha value is -1.13. The minimum atomic E-state index is -0.939. The van der Waals surface area contributed by atoms with Crippen LogP contribution in [0.5, 0.6) is 5.75 Å². The first-order valence-electron chi connectivity index (χ1n) is 4.82. The molecule has 0 aliphatic rings. The van der Waals surface area contributed by atoms with Gasteiger partial charge in [0, 0.05) is 0 Å². The second-order valence-corrected chi connectivity index (χ2v) is 3.51. The number of nitrogens with two attached hydrogens (primary N) is 1. The number of ether oxygens (including phenoxy) is 1. The summed E-state index contributed by atoms with van der Waals surface area (Å²) in [5.41, 5.74) is 5.61. The quantitative estimate of drug-likeness (QED) is 0.796. The molecular formula is C11H16FNO2. The third-order valence-corrected chi connectivity index (χ3v) is 2.44. The van der Waals surface area contributed by atoms with E-state index in [-0.39, 0.29) is 11.5 Å². The molecule has 1 aromatic rings. The smallest absolute Gasteiger partial charge is 0.132 e. The van der Waals surface area contributed by atoms with Gasteiger partial charge in [0.05, 0.1) is 18.8 Å². The lowest BCUT2D eigenvalue weighted by atomic mass is 9.96. The van der Waals surface area contributed by atoms with E-state index in [1.165, 1.54) is 19.2 Å². The van der Waals surface area contributed by atoms with E-state index in [0.717, 1.165) is 0 Å².